The quantitative estimate of drug-likeness (QED) is 0.817. The molecule has 3 heteroatoms. The maximum atomic E-state index is 5.80. The number of para-hydroxylation sites is 1. The van der Waals surface area contributed by atoms with Gasteiger partial charge < -0.3 is 10.5 Å². The van der Waals surface area contributed by atoms with Gasteiger partial charge in [0.1, 0.15) is 12.4 Å². The Labute approximate surface area is 97.2 Å². The van der Waals surface area contributed by atoms with Crippen LogP contribution in [0.5, 0.6) is 5.75 Å². The predicted molar refractivity (Wildman–Crippen MR) is 65.6 cm³/mol. The Morgan fingerprint density at radius 2 is 1.88 bits per heavy atom. The Bertz CT molecular complexity index is 296. The lowest BCUT2D eigenvalue weighted by atomic mass is 10.3. The van der Waals surface area contributed by atoms with E-state index in [-0.39, 0.29) is 0 Å². The average Bonchev–Trinajstić information content (AvgIpc) is 2.85. The number of nitrogens with zero attached hydrogens (tertiary/aromatic N) is 1. The maximum absolute atomic E-state index is 5.80. The molecule has 0 radical (unpaired) electrons. The summed E-state index contributed by atoms with van der Waals surface area (Å²) in [4.78, 5) is 2.43. The molecule has 1 aliphatic heterocycles. The fourth-order valence-corrected chi connectivity index (χ4v) is 2.14. The van der Waals surface area contributed by atoms with Gasteiger partial charge in [-0.05, 0) is 38.1 Å². The molecule has 1 saturated heterocycles. The summed E-state index contributed by atoms with van der Waals surface area (Å²) in [5, 5.41) is 0. The second kappa shape index (κ2) is 5.87. The first-order valence-electron chi connectivity index (χ1n) is 6.02. The van der Waals surface area contributed by atoms with Crippen molar-refractivity contribution in [3.05, 3.63) is 30.3 Å². The van der Waals surface area contributed by atoms with E-state index < -0.39 is 0 Å². The molecule has 1 unspecified atom stereocenters. The molecule has 2 N–H and O–H groups in total. The van der Waals surface area contributed by atoms with Crippen molar-refractivity contribution in [2.75, 3.05) is 26.2 Å². The Morgan fingerprint density at radius 3 is 2.50 bits per heavy atom. The van der Waals surface area contributed by atoms with Crippen molar-refractivity contribution in [1.82, 2.24) is 4.90 Å². The number of ether oxygens (including phenoxy) is 1. The molecule has 3 nitrogen and oxygen atoms in total. The Morgan fingerprint density at radius 1 is 1.19 bits per heavy atom. The summed E-state index contributed by atoms with van der Waals surface area (Å²) in [7, 11) is 0. The van der Waals surface area contributed by atoms with Crippen LogP contribution in [0.15, 0.2) is 30.3 Å². The van der Waals surface area contributed by atoms with E-state index in [1.54, 1.807) is 0 Å². The molecule has 0 bridgehead atoms. The molecule has 16 heavy (non-hydrogen) atoms. The second-order valence-electron chi connectivity index (χ2n) is 4.26. The number of hydrogen-bond donors (Lipinski definition) is 1. The molecule has 0 saturated carbocycles. The summed E-state index contributed by atoms with van der Waals surface area (Å²) in [6.45, 7) is 3.70. The third kappa shape index (κ3) is 2.97. The van der Waals surface area contributed by atoms with Gasteiger partial charge in [-0.2, -0.15) is 0 Å². The maximum Gasteiger partial charge on any atom is 0.119 e. The highest BCUT2D eigenvalue weighted by Crippen LogP contribution is 2.14. The third-order valence-corrected chi connectivity index (χ3v) is 3.11. The standard InChI is InChI=1S/C13H20N2O/c14-10-12(15-8-4-5-9-15)11-16-13-6-2-1-3-7-13/h1-3,6-7,12H,4-5,8-11,14H2. The minimum atomic E-state index is 0.364. The minimum Gasteiger partial charge on any atom is -0.492 e. The smallest absolute Gasteiger partial charge is 0.119 e. The van der Waals surface area contributed by atoms with Crippen molar-refractivity contribution in [2.24, 2.45) is 5.73 Å². The number of rotatable bonds is 5. The molecule has 0 spiro atoms. The van der Waals surface area contributed by atoms with E-state index in [4.69, 9.17) is 10.5 Å². The van der Waals surface area contributed by atoms with Crippen molar-refractivity contribution in [3.8, 4) is 5.75 Å². The van der Waals surface area contributed by atoms with Gasteiger partial charge in [0.05, 0.1) is 6.04 Å². The van der Waals surface area contributed by atoms with E-state index in [2.05, 4.69) is 4.90 Å². The van der Waals surface area contributed by atoms with Crippen LogP contribution < -0.4 is 10.5 Å². The molecule has 88 valence electrons. The van der Waals surface area contributed by atoms with Gasteiger partial charge in [-0.1, -0.05) is 18.2 Å². The number of likely N-dealkylation sites (tertiary alicyclic amines) is 1. The van der Waals surface area contributed by atoms with Gasteiger partial charge in [-0.25, -0.2) is 0 Å². The molecule has 1 fully saturated rings. The van der Waals surface area contributed by atoms with Crippen molar-refractivity contribution in [3.63, 3.8) is 0 Å². The van der Waals surface area contributed by atoms with Crippen LogP contribution in [0.1, 0.15) is 12.8 Å². The molecule has 2 rings (SSSR count). The zero-order chi connectivity index (χ0) is 11.2. The predicted octanol–water partition coefficient (Wildman–Crippen LogP) is 1.49. The zero-order valence-corrected chi connectivity index (χ0v) is 9.64. The molecular formula is C13H20N2O. The van der Waals surface area contributed by atoms with E-state index in [0.29, 0.717) is 19.2 Å². The number of nitrogens with two attached hydrogens (primary N) is 1. The van der Waals surface area contributed by atoms with Gasteiger partial charge in [0.15, 0.2) is 0 Å². The Kier molecular flexibility index (Phi) is 4.19. The van der Waals surface area contributed by atoms with E-state index >= 15 is 0 Å². The van der Waals surface area contributed by atoms with Crippen molar-refractivity contribution in [1.29, 1.82) is 0 Å². The molecule has 1 aromatic carbocycles. The van der Waals surface area contributed by atoms with E-state index in [0.717, 1.165) is 5.75 Å². The minimum absolute atomic E-state index is 0.364. The first-order valence-corrected chi connectivity index (χ1v) is 6.02. The van der Waals surface area contributed by atoms with Crippen LogP contribution in [0.3, 0.4) is 0 Å². The van der Waals surface area contributed by atoms with Crippen LogP contribution >= 0.6 is 0 Å². The van der Waals surface area contributed by atoms with Gasteiger partial charge in [-0.15, -0.1) is 0 Å². The second-order valence-corrected chi connectivity index (χ2v) is 4.26. The molecule has 0 amide bonds. The highest BCUT2D eigenvalue weighted by Gasteiger charge is 2.20. The summed E-state index contributed by atoms with van der Waals surface area (Å²) in [5.41, 5.74) is 5.80. The lowest BCUT2D eigenvalue weighted by Crippen LogP contribution is -2.42. The van der Waals surface area contributed by atoms with Crippen molar-refractivity contribution >= 4 is 0 Å². The highest BCUT2D eigenvalue weighted by molar-refractivity contribution is 5.20. The van der Waals surface area contributed by atoms with Crippen LogP contribution in [-0.2, 0) is 0 Å². The fraction of sp³-hybridized carbons (Fsp3) is 0.538. The molecule has 1 aromatic rings. The van der Waals surface area contributed by atoms with Gasteiger partial charge in [-0.3, -0.25) is 4.90 Å². The van der Waals surface area contributed by atoms with Gasteiger partial charge >= 0.3 is 0 Å². The van der Waals surface area contributed by atoms with Crippen LogP contribution in [-0.4, -0.2) is 37.2 Å². The van der Waals surface area contributed by atoms with Crippen molar-refractivity contribution in [2.45, 2.75) is 18.9 Å². The van der Waals surface area contributed by atoms with E-state index in [9.17, 15) is 0 Å². The molecular weight excluding hydrogens is 200 g/mol. The highest BCUT2D eigenvalue weighted by atomic mass is 16.5. The SMILES string of the molecule is NCC(COc1ccccc1)N1CCCC1. The molecule has 1 heterocycles. The normalized spacial score (nSPS) is 18.6. The van der Waals surface area contributed by atoms with Gasteiger partial charge in [0.2, 0.25) is 0 Å². The molecule has 0 aromatic heterocycles. The first-order chi connectivity index (χ1) is 7.90. The summed E-state index contributed by atoms with van der Waals surface area (Å²) in [5.74, 6) is 0.931. The number of hydrogen-bond acceptors (Lipinski definition) is 3. The zero-order valence-electron chi connectivity index (χ0n) is 9.64. The summed E-state index contributed by atoms with van der Waals surface area (Å²) < 4.78 is 5.75. The summed E-state index contributed by atoms with van der Waals surface area (Å²) in [6.07, 6.45) is 2.59. The first kappa shape index (κ1) is 11.4. The summed E-state index contributed by atoms with van der Waals surface area (Å²) >= 11 is 0. The van der Waals surface area contributed by atoms with Crippen LogP contribution in [0.25, 0.3) is 0 Å². The monoisotopic (exact) mass is 220 g/mol. The van der Waals surface area contributed by atoms with Crippen molar-refractivity contribution < 1.29 is 4.74 Å². The van der Waals surface area contributed by atoms with E-state index in [1.807, 2.05) is 30.3 Å². The van der Waals surface area contributed by atoms with E-state index in [1.165, 1.54) is 25.9 Å². The Balaban J connectivity index is 1.83. The topological polar surface area (TPSA) is 38.5 Å². The fourth-order valence-electron chi connectivity index (χ4n) is 2.14. The summed E-state index contributed by atoms with van der Waals surface area (Å²) in [6, 6.07) is 10.3. The molecule has 1 atom stereocenters. The van der Waals surface area contributed by atoms with Crippen LogP contribution in [0.4, 0.5) is 0 Å². The van der Waals surface area contributed by atoms with Crippen LogP contribution in [0, 0.1) is 0 Å². The molecule has 1 aliphatic rings. The lowest BCUT2D eigenvalue weighted by Gasteiger charge is -2.26. The largest absolute Gasteiger partial charge is 0.492 e. The average molecular weight is 220 g/mol. The van der Waals surface area contributed by atoms with Crippen LogP contribution in [0.2, 0.25) is 0 Å². The number of benzene rings is 1. The Hall–Kier alpha value is -1.06. The van der Waals surface area contributed by atoms with Gasteiger partial charge in [0, 0.05) is 6.54 Å². The lowest BCUT2D eigenvalue weighted by molar-refractivity contribution is 0.165. The molecule has 0 aliphatic carbocycles. The van der Waals surface area contributed by atoms with Gasteiger partial charge in [0.25, 0.3) is 0 Å². The third-order valence-electron chi connectivity index (χ3n) is 3.11.